The number of carbonyl (C=O) groups excluding carboxylic acids is 1. The van der Waals surface area contributed by atoms with Crippen molar-refractivity contribution in [1.82, 2.24) is 5.32 Å². The fourth-order valence-corrected chi connectivity index (χ4v) is 2.65. The van der Waals surface area contributed by atoms with Crippen LogP contribution in [0.3, 0.4) is 0 Å². The monoisotopic (exact) mass is 370 g/mol. The molecule has 2 aromatic rings. The molecular weight excluding hydrogens is 352 g/mol. The lowest BCUT2D eigenvalue weighted by Gasteiger charge is -2.14. The zero-order chi connectivity index (χ0) is 18.9. The molecule has 1 atom stereocenters. The van der Waals surface area contributed by atoms with Gasteiger partial charge in [0.05, 0.1) is 13.2 Å². The third kappa shape index (κ3) is 5.27. The lowest BCUT2D eigenvalue weighted by atomic mass is 10.1. The molecule has 0 radical (unpaired) electrons. The molecule has 5 nitrogen and oxygen atoms in total. The van der Waals surface area contributed by atoms with E-state index in [1.165, 1.54) is 13.2 Å². The first-order valence-corrected chi connectivity index (χ1v) is 8.33. The van der Waals surface area contributed by atoms with Gasteiger partial charge in [0.25, 0.3) is 0 Å². The van der Waals surface area contributed by atoms with Gasteiger partial charge in [-0.3, -0.25) is 4.79 Å². The number of benzene rings is 2. The molecule has 0 aliphatic heterocycles. The lowest BCUT2D eigenvalue weighted by molar-refractivity contribution is -0.117. The smallest absolute Gasteiger partial charge is 0.244 e. The summed E-state index contributed by atoms with van der Waals surface area (Å²) in [7, 11) is 1.51. The summed E-state index contributed by atoms with van der Waals surface area (Å²) in [5.41, 5.74) is 1.63. The molecule has 1 N–H and O–H groups in total. The first kappa shape index (κ1) is 19.4. The Labute approximate surface area is 157 Å². The summed E-state index contributed by atoms with van der Waals surface area (Å²) in [5.74, 6) is 0.733. The second-order valence-electron chi connectivity index (χ2n) is 5.44. The number of hydrogen-bond acceptors (Lipinski definition) is 4. The number of rotatable bonds is 7. The van der Waals surface area contributed by atoms with Crippen LogP contribution >= 0.6 is 11.6 Å². The highest BCUT2D eigenvalue weighted by atomic mass is 35.5. The van der Waals surface area contributed by atoms with Crippen molar-refractivity contribution in [2.24, 2.45) is 0 Å². The first-order valence-electron chi connectivity index (χ1n) is 7.96. The third-order valence-corrected chi connectivity index (χ3v) is 3.98. The van der Waals surface area contributed by atoms with Crippen LogP contribution in [0.5, 0.6) is 11.5 Å². The van der Waals surface area contributed by atoms with Crippen molar-refractivity contribution in [3.05, 3.63) is 64.7 Å². The van der Waals surface area contributed by atoms with Crippen LogP contribution in [0.1, 0.15) is 24.1 Å². The van der Waals surface area contributed by atoms with Gasteiger partial charge in [-0.15, -0.1) is 0 Å². The van der Waals surface area contributed by atoms with Crippen molar-refractivity contribution in [3.63, 3.8) is 0 Å². The summed E-state index contributed by atoms with van der Waals surface area (Å²) in [6, 6.07) is 14.3. The summed E-state index contributed by atoms with van der Waals surface area (Å²) < 4.78 is 10.5. The van der Waals surface area contributed by atoms with Crippen LogP contribution in [0.15, 0.2) is 48.5 Å². The van der Waals surface area contributed by atoms with E-state index in [1.807, 2.05) is 31.2 Å². The number of halogens is 1. The van der Waals surface area contributed by atoms with Crippen LogP contribution < -0.4 is 14.8 Å². The molecule has 0 saturated heterocycles. The Morgan fingerprint density at radius 2 is 2.08 bits per heavy atom. The molecule has 0 bridgehead atoms. The van der Waals surface area contributed by atoms with Crippen molar-refractivity contribution in [2.75, 3.05) is 13.7 Å². The van der Waals surface area contributed by atoms with Gasteiger partial charge in [0, 0.05) is 11.1 Å². The molecule has 26 heavy (non-hydrogen) atoms. The number of nitrogens with zero attached hydrogens (tertiary/aromatic N) is 1. The van der Waals surface area contributed by atoms with Crippen molar-refractivity contribution in [3.8, 4) is 17.6 Å². The van der Waals surface area contributed by atoms with Gasteiger partial charge in [0.1, 0.15) is 6.07 Å². The summed E-state index contributed by atoms with van der Waals surface area (Å²) in [6.45, 7) is 1.81. The first-order chi connectivity index (χ1) is 12.5. The van der Waals surface area contributed by atoms with Gasteiger partial charge in [-0.25, -0.2) is 0 Å². The highest BCUT2D eigenvalue weighted by molar-refractivity contribution is 6.31. The Kier molecular flexibility index (Phi) is 7.07. The average molecular weight is 371 g/mol. The molecule has 0 aliphatic rings. The highest BCUT2D eigenvalue weighted by Crippen LogP contribution is 2.28. The number of amides is 1. The Bertz CT molecular complexity index is 843. The van der Waals surface area contributed by atoms with Crippen LogP contribution in [-0.2, 0) is 4.79 Å². The molecule has 2 aromatic carbocycles. The van der Waals surface area contributed by atoms with E-state index in [2.05, 4.69) is 5.32 Å². The summed E-state index contributed by atoms with van der Waals surface area (Å²) in [6.07, 6.45) is 3.11. The third-order valence-electron chi connectivity index (χ3n) is 3.64. The summed E-state index contributed by atoms with van der Waals surface area (Å²) >= 11 is 6.14. The van der Waals surface area contributed by atoms with E-state index < -0.39 is 0 Å². The van der Waals surface area contributed by atoms with Crippen molar-refractivity contribution < 1.29 is 14.3 Å². The van der Waals surface area contributed by atoms with E-state index in [4.69, 9.17) is 26.3 Å². The Morgan fingerprint density at radius 3 is 2.77 bits per heavy atom. The Hall–Kier alpha value is -2.97. The minimum atomic E-state index is -0.235. The number of hydrogen-bond donors (Lipinski definition) is 1. The SMILES string of the molecule is COc1cc(/C=C/C(=O)NC(C)c2ccccc2Cl)ccc1OCC#N. The topological polar surface area (TPSA) is 71.3 Å². The quantitative estimate of drug-likeness (QED) is 0.743. The number of carbonyl (C=O) groups is 1. The Morgan fingerprint density at radius 1 is 1.31 bits per heavy atom. The number of methoxy groups -OCH3 is 1. The zero-order valence-electron chi connectivity index (χ0n) is 14.5. The van der Waals surface area contributed by atoms with E-state index in [0.29, 0.717) is 16.5 Å². The molecule has 134 valence electrons. The largest absolute Gasteiger partial charge is 0.493 e. The molecule has 0 aliphatic carbocycles. The normalized spacial score (nSPS) is 11.6. The molecule has 2 rings (SSSR count). The van der Waals surface area contributed by atoms with Crippen molar-refractivity contribution >= 4 is 23.6 Å². The van der Waals surface area contributed by atoms with Gasteiger partial charge in [0.15, 0.2) is 18.1 Å². The van der Waals surface area contributed by atoms with Gasteiger partial charge in [-0.1, -0.05) is 35.9 Å². The summed E-state index contributed by atoms with van der Waals surface area (Å²) in [5, 5.41) is 12.1. The molecule has 0 heterocycles. The van der Waals surface area contributed by atoms with Crippen molar-refractivity contribution in [1.29, 1.82) is 5.26 Å². The molecule has 6 heteroatoms. The minimum Gasteiger partial charge on any atom is -0.493 e. The number of ether oxygens (including phenoxy) is 2. The van der Waals surface area contributed by atoms with Crippen LogP contribution in [0.2, 0.25) is 5.02 Å². The van der Waals surface area contributed by atoms with Crippen LogP contribution in [0, 0.1) is 11.3 Å². The average Bonchev–Trinajstić information content (AvgIpc) is 2.65. The maximum Gasteiger partial charge on any atom is 0.244 e. The van der Waals surface area contributed by atoms with E-state index in [0.717, 1.165) is 11.1 Å². The second-order valence-corrected chi connectivity index (χ2v) is 5.85. The standard InChI is InChI=1S/C20H19ClN2O3/c1-14(16-5-3-4-6-17(16)21)23-20(24)10-8-15-7-9-18(26-12-11-22)19(13-15)25-2/h3-10,13-14H,12H2,1-2H3,(H,23,24)/b10-8+. The van der Waals surface area contributed by atoms with Gasteiger partial charge >= 0.3 is 0 Å². The summed E-state index contributed by atoms with van der Waals surface area (Å²) in [4.78, 5) is 12.1. The fraction of sp³-hybridized carbons (Fsp3) is 0.200. The van der Waals surface area contributed by atoms with E-state index >= 15 is 0 Å². The molecular formula is C20H19ClN2O3. The lowest BCUT2D eigenvalue weighted by Crippen LogP contribution is -2.24. The molecule has 0 spiro atoms. The highest BCUT2D eigenvalue weighted by Gasteiger charge is 2.10. The second kappa shape index (κ2) is 9.50. The molecule has 0 aromatic heterocycles. The van der Waals surface area contributed by atoms with Crippen molar-refractivity contribution in [2.45, 2.75) is 13.0 Å². The molecule has 0 saturated carbocycles. The van der Waals surface area contributed by atoms with Crippen LogP contribution in [-0.4, -0.2) is 19.6 Å². The molecule has 1 unspecified atom stereocenters. The Balaban J connectivity index is 2.03. The van der Waals surface area contributed by atoms with Crippen LogP contribution in [0.4, 0.5) is 0 Å². The number of nitriles is 1. The zero-order valence-corrected chi connectivity index (χ0v) is 15.3. The van der Waals surface area contributed by atoms with Gasteiger partial charge in [-0.05, 0) is 42.3 Å². The van der Waals surface area contributed by atoms with Gasteiger partial charge in [-0.2, -0.15) is 5.26 Å². The maximum atomic E-state index is 12.1. The van der Waals surface area contributed by atoms with E-state index in [1.54, 1.807) is 30.3 Å². The van der Waals surface area contributed by atoms with E-state index in [-0.39, 0.29) is 18.6 Å². The predicted octanol–water partition coefficient (Wildman–Crippen LogP) is 4.14. The fourth-order valence-electron chi connectivity index (χ4n) is 2.35. The minimum absolute atomic E-state index is 0.0616. The van der Waals surface area contributed by atoms with Crippen LogP contribution in [0.25, 0.3) is 6.08 Å². The predicted molar refractivity (Wildman–Crippen MR) is 101 cm³/mol. The maximum absolute atomic E-state index is 12.1. The molecule has 0 fully saturated rings. The number of nitrogens with one attached hydrogen (secondary N) is 1. The van der Waals surface area contributed by atoms with E-state index in [9.17, 15) is 4.79 Å². The molecule has 1 amide bonds. The van der Waals surface area contributed by atoms with Gasteiger partial charge < -0.3 is 14.8 Å². The van der Waals surface area contributed by atoms with Gasteiger partial charge in [0.2, 0.25) is 5.91 Å².